The summed E-state index contributed by atoms with van der Waals surface area (Å²) < 4.78 is 32.9. The number of hydrogen-bond donors (Lipinski definition) is 2. The number of aromatic amines is 1. The van der Waals surface area contributed by atoms with Crippen molar-refractivity contribution >= 4 is 43.8 Å². The minimum absolute atomic E-state index is 0.323. The van der Waals surface area contributed by atoms with Crippen LogP contribution in [0.4, 0.5) is 5.69 Å². The molecule has 0 saturated heterocycles. The van der Waals surface area contributed by atoms with E-state index in [9.17, 15) is 13.2 Å². The Morgan fingerprint density at radius 3 is 2.49 bits per heavy atom. The van der Waals surface area contributed by atoms with Crippen LogP contribution >= 0.6 is 0 Å². The second kappa shape index (κ2) is 9.86. The lowest BCUT2D eigenvalue weighted by Crippen LogP contribution is -2.25. The number of pyridine rings is 2. The molecule has 0 saturated carbocycles. The van der Waals surface area contributed by atoms with Gasteiger partial charge in [-0.2, -0.15) is 0 Å². The zero-order chi connectivity index (χ0) is 28.9. The van der Waals surface area contributed by atoms with Crippen molar-refractivity contribution in [2.24, 2.45) is 0 Å². The standard InChI is InChI=1S/C30H26N6O4S/c1-17-7-9-18(10-8-17)27-26(30(37)31-2)22-13-21(24(14-25(22)40-27)36(3)41(4,38)39)19-12-20(16-32-15-19)28-34-23-6-5-11-33-29(23)35-28/h5-16H,1-4H3,(H,31,37)(H,33,34,35). The second-order valence-electron chi connectivity index (χ2n) is 9.77. The highest BCUT2D eigenvalue weighted by atomic mass is 32.2. The van der Waals surface area contributed by atoms with E-state index in [-0.39, 0.29) is 5.91 Å². The van der Waals surface area contributed by atoms with Crippen molar-refractivity contribution < 1.29 is 17.6 Å². The molecule has 4 heterocycles. The van der Waals surface area contributed by atoms with Crippen molar-refractivity contribution in [3.63, 3.8) is 0 Å². The number of carbonyl (C=O) groups excluding carboxylic acids is 1. The molecule has 0 fully saturated rings. The number of nitrogens with one attached hydrogen (secondary N) is 2. The fourth-order valence-corrected chi connectivity index (χ4v) is 5.27. The predicted molar refractivity (Wildman–Crippen MR) is 159 cm³/mol. The quantitative estimate of drug-likeness (QED) is 0.284. The molecule has 0 aliphatic heterocycles. The van der Waals surface area contributed by atoms with Gasteiger partial charge in [-0.05, 0) is 31.2 Å². The van der Waals surface area contributed by atoms with Gasteiger partial charge in [0.1, 0.15) is 17.2 Å². The maximum atomic E-state index is 13.2. The van der Waals surface area contributed by atoms with Gasteiger partial charge in [-0.1, -0.05) is 29.8 Å². The first-order valence-corrected chi connectivity index (χ1v) is 14.6. The highest BCUT2D eigenvalue weighted by Gasteiger charge is 2.26. The number of furan rings is 1. The molecule has 4 aromatic heterocycles. The van der Waals surface area contributed by atoms with Crippen molar-refractivity contribution in [1.82, 2.24) is 25.3 Å². The monoisotopic (exact) mass is 566 g/mol. The van der Waals surface area contributed by atoms with E-state index in [1.54, 1.807) is 37.8 Å². The normalized spacial score (nSPS) is 11.7. The van der Waals surface area contributed by atoms with Crippen LogP contribution in [0.15, 0.2) is 77.6 Å². The number of amides is 1. The number of anilines is 1. The largest absolute Gasteiger partial charge is 0.455 e. The van der Waals surface area contributed by atoms with E-state index >= 15 is 0 Å². The topological polar surface area (TPSA) is 134 Å². The number of aromatic nitrogens is 4. The molecular weight excluding hydrogens is 540 g/mol. The number of carbonyl (C=O) groups is 1. The predicted octanol–water partition coefficient (Wildman–Crippen LogP) is 5.16. The van der Waals surface area contributed by atoms with E-state index in [0.717, 1.165) is 22.9 Å². The van der Waals surface area contributed by atoms with Crippen LogP contribution in [0.1, 0.15) is 15.9 Å². The Morgan fingerprint density at radius 1 is 1.02 bits per heavy atom. The third-order valence-corrected chi connectivity index (χ3v) is 8.18. The molecule has 0 unspecified atom stereocenters. The number of fused-ring (bicyclic) bond motifs is 2. The average Bonchev–Trinajstić information content (AvgIpc) is 3.57. The van der Waals surface area contributed by atoms with Crippen molar-refractivity contribution in [3.05, 3.63) is 84.3 Å². The number of nitrogens with zero attached hydrogens (tertiary/aromatic N) is 4. The summed E-state index contributed by atoms with van der Waals surface area (Å²) in [4.78, 5) is 29.7. The average molecular weight is 567 g/mol. The summed E-state index contributed by atoms with van der Waals surface area (Å²) in [7, 11) is -0.615. The highest BCUT2D eigenvalue weighted by molar-refractivity contribution is 7.92. The molecule has 2 aromatic carbocycles. The van der Waals surface area contributed by atoms with Crippen LogP contribution < -0.4 is 9.62 Å². The van der Waals surface area contributed by atoms with Gasteiger partial charge in [0, 0.05) is 66.4 Å². The van der Waals surface area contributed by atoms with Crippen molar-refractivity contribution in [2.75, 3.05) is 24.7 Å². The number of benzene rings is 2. The number of aryl methyl sites for hydroxylation is 1. The van der Waals surface area contributed by atoms with Gasteiger partial charge in [-0.3, -0.25) is 14.1 Å². The van der Waals surface area contributed by atoms with Gasteiger partial charge < -0.3 is 14.7 Å². The molecule has 0 aliphatic rings. The number of hydrogen-bond acceptors (Lipinski definition) is 7. The Labute approximate surface area is 236 Å². The van der Waals surface area contributed by atoms with Gasteiger partial charge in [-0.25, -0.2) is 18.4 Å². The fourth-order valence-electron chi connectivity index (χ4n) is 4.76. The van der Waals surface area contributed by atoms with Gasteiger partial charge in [0.2, 0.25) is 10.0 Å². The van der Waals surface area contributed by atoms with Crippen molar-refractivity contribution in [2.45, 2.75) is 6.92 Å². The lowest BCUT2D eigenvalue weighted by molar-refractivity contribution is 0.0964. The maximum Gasteiger partial charge on any atom is 0.255 e. The highest BCUT2D eigenvalue weighted by Crippen LogP contribution is 2.41. The summed E-state index contributed by atoms with van der Waals surface area (Å²) in [6, 6.07) is 16.7. The molecule has 6 aromatic rings. The van der Waals surface area contributed by atoms with Gasteiger partial charge in [0.15, 0.2) is 5.65 Å². The Balaban J connectivity index is 1.61. The summed E-state index contributed by atoms with van der Waals surface area (Å²) >= 11 is 0. The van der Waals surface area contributed by atoms with Gasteiger partial charge in [0.05, 0.1) is 23.0 Å². The van der Waals surface area contributed by atoms with Gasteiger partial charge in [-0.15, -0.1) is 0 Å². The first kappa shape index (κ1) is 26.2. The van der Waals surface area contributed by atoms with E-state index in [1.807, 2.05) is 49.4 Å². The first-order valence-electron chi connectivity index (χ1n) is 12.7. The molecule has 10 nitrogen and oxygen atoms in total. The summed E-state index contributed by atoms with van der Waals surface area (Å²) in [6.07, 6.45) is 6.12. The molecule has 41 heavy (non-hydrogen) atoms. The van der Waals surface area contributed by atoms with Crippen molar-refractivity contribution in [3.8, 4) is 33.8 Å². The van der Waals surface area contributed by atoms with E-state index < -0.39 is 10.0 Å². The summed E-state index contributed by atoms with van der Waals surface area (Å²) in [5, 5.41) is 3.25. The van der Waals surface area contributed by atoms with E-state index in [2.05, 4.69) is 25.3 Å². The Kier molecular flexibility index (Phi) is 6.30. The Hall–Kier alpha value is -5.03. The third-order valence-electron chi connectivity index (χ3n) is 6.99. The van der Waals surface area contributed by atoms with Crippen LogP contribution in [-0.2, 0) is 10.0 Å². The molecular formula is C30H26N6O4S. The number of sulfonamides is 1. The van der Waals surface area contributed by atoms with E-state index in [0.29, 0.717) is 56.1 Å². The van der Waals surface area contributed by atoms with Crippen LogP contribution in [0, 0.1) is 6.92 Å². The minimum Gasteiger partial charge on any atom is -0.455 e. The van der Waals surface area contributed by atoms with Gasteiger partial charge >= 0.3 is 0 Å². The number of imidazole rings is 1. The maximum absolute atomic E-state index is 13.2. The third kappa shape index (κ3) is 4.70. The molecule has 0 aliphatic carbocycles. The van der Waals surface area contributed by atoms with Crippen LogP contribution in [0.2, 0.25) is 0 Å². The molecule has 206 valence electrons. The van der Waals surface area contributed by atoms with Crippen LogP contribution in [0.5, 0.6) is 0 Å². The molecule has 0 spiro atoms. The minimum atomic E-state index is -3.65. The lowest BCUT2D eigenvalue weighted by atomic mass is 9.98. The molecule has 6 rings (SSSR count). The zero-order valence-corrected chi connectivity index (χ0v) is 23.6. The molecule has 2 N–H and O–H groups in total. The Bertz CT molecular complexity index is 2030. The van der Waals surface area contributed by atoms with Gasteiger partial charge in [0.25, 0.3) is 5.91 Å². The SMILES string of the molecule is CNC(=O)c1c(-c2ccc(C)cc2)oc2cc(N(C)S(C)(=O)=O)c(-c3cncc(-c4nc5ncccc5[nH]4)c3)cc12. The molecule has 0 bridgehead atoms. The zero-order valence-electron chi connectivity index (χ0n) is 22.8. The molecule has 11 heteroatoms. The summed E-state index contributed by atoms with van der Waals surface area (Å²) in [6.45, 7) is 1.98. The molecule has 0 radical (unpaired) electrons. The number of H-pyrrole nitrogens is 1. The van der Waals surface area contributed by atoms with E-state index in [4.69, 9.17) is 4.42 Å². The molecule has 0 atom stereocenters. The van der Waals surface area contributed by atoms with Crippen molar-refractivity contribution in [1.29, 1.82) is 0 Å². The van der Waals surface area contributed by atoms with Crippen LogP contribution in [0.3, 0.4) is 0 Å². The van der Waals surface area contributed by atoms with Crippen LogP contribution in [0.25, 0.3) is 56.0 Å². The second-order valence-corrected chi connectivity index (χ2v) is 11.8. The summed E-state index contributed by atoms with van der Waals surface area (Å²) in [5.41, 5.74) is 6.12. The fraction of sp³-hybridized carbons (Fsp3) is 0.133. The smallest absolute Gasteiger partial charge is 0.255 e. The number of rotatable bonds is 6. The molecule has 1 amide bonds. The Morgan fingerprint density at radius 2 is 1.78 bits per heavy atom. The van der Waals surface area contributed by atoms with E-state index in [1.165, 1.54) is 11.4 Å². The van der Waals surface area contributed by atoms with Crippen LogP contribution in [-0.4, -0.2) is 54.6 Å². The lowest BCUT2D eigenvalue weighted by Gasteiger charge is -2.20. The first-order chi connectivity index (χ1) is 19.6. The summed E-state index contributed by atoms with van der Waals surface area (Å²) in [5.74, 6) is 0.644.